The minimum atomic E-state index is -0.818. The van der Waals surface area contributed by atoms with Gasteiger partial charge in [-0.2, -0.15) is 0 Å². The molecule has 0 heterocycles. The molecule has 0 aliphatic heterocycles. The summed E-state index contributed by atoms with van der Waals surface area (Å²) in [4.78, 5) is 11.6. The molecule has 2 atom stereocenters. The molecule has 1 N–H and O–H groups in total. The Hall–Kier alpha value is -3.41. The van der Waals surface area contributed by atoms with Gasteiger partial charge in [-0.25, -0.2) is 8.78 Å². The highest BCUT2D eigenvalue weighted by atomic mass is 19.1. The average Bonchev–Trinajstić information content (AvgIpc) is 3.57. The van der Waals surface area contributed by atoms with Gasteiger partial charge in [-0.15, -0.1) is 0 Å². The Labute approximate surface area is 235 Å². The van der Waals surface area contributed by atoms with E-state index in [1.807, 2.05) is 30.3 Å². The van der Waals surface area contributed by atoms with E-state index in [-0.39, 0.29) is 35.7 Å². The minimum Gasteiger partial charge on any atom is -0.497 e. The first kappa shape index (κ1) is 28.1. The van der Waals surface area contributed by atoms with E-state index in [0.29, 0.717) is 28.2 Å². The topological polar surface area (TPSA) is 55.8 Å². The molecule has 212 valence electrons. The SMILES string of the molecule is COc1ccc(F)c(-c2cc(F)c(COc3cccc([C@H](CC(=O)O)C4(C)CC4)c3)cc2[C@H]2CCCC2(C)C)c1. The standard InChI is InChI=1S/C34H38F2O4/c1-33(2)12-6-9-28(33)26-16-22(31(36)18-25(26)27-17-23(39-4)10-11-30(27)35)20-40-24-8-5-7-21(15-24)29(19-32(37)38)34(3)13-14-34/h5,7-8,10-11,15-18,28-29H,6,9,12-14,19-20H2,1-4H3,(H,37,38)/t28-,29+/m1/s1. The van der Waals surface area contributed by atoms with Crippen LogP contribution in [0.15, 0.2) is 54.6 Å². The van der Waals surface area contributed by atoms with Crippen LogP contribution in [0.5, 0.6) is 11.5 Å². The van der Waals surface area contributed by atoms with Crippen LogP contribution in [-0.2, 0) is 11.4 Å². The van der Waals surface area contributed by atoms with Gasteiger partial charge in [-0.3, -0.25) is 4.79 Å². The van der Waals surface area contributed by atoms with Crippen LogP contribution in [0, 0.1) is 22.5 Å². The third-order valence-corrected chi connectivity index (χ3v) is 9.23. The van der Waals surface area contributed by atoms with Gasteiger partial charge in [0.15, 0.2) is 0 Å². The van der Waals surface area contributed by atoms with Crippen molar-refractivity contribution in [3.8, 4) is 22.6 Å². The smallest absolute Gasteiger partial charge is 0.303 e. The molecule has 0 radical (unpaired) electrons. The molecule has 3 aromatic rings. The lowest BCUT2D eigenvalue weighted by molar-refractivity contribution is -0.137. The van der Waals surface area contributed by atoms with Gasteiger partial charge < -0.3 is 14.6 Å². The summed E-state index contributed by atoms with van der Waals surface area (Å²) in [6.45, 7) is 6.57. The highest BCUT2D eigenvalue weighted by Gasteiger charge is 2.46. The van der Waals surface area contributed by atoms with Gasteiger partial charge in [0.05, 0.1) is 13.5 Å². The zero-order chi connectivity index (χ0) is 28.7. The fourth-order valence-corrected chi connectivity index (χ4v) is 6.48. The fourth-order valence-electron chi connectivity index (χ4n) is 6.48. The summed E-state index contributed by atoms with van der Waals surface area (Å²) in [5.41, 5.74) is 3.11. The quantitative estimate of drug-likeness (QED) is 0.275. The molecule has 2 aliphatic carbocycles. The predicted molar refractivity (Wildman–Crippen MR) is 152 cm³/mol. The lowest BCUT2D eigenvalue weighted by Crippen LogP contribution is -2.17. The first-order chi connectivity index (χ1) is 19.0. The third kappa shape index (κ3) is 5.72. The van der Waals surface area contributed by atoms with Crippen molar-refractivity contribution in [3.05, 3.63) is 82.9 Å². The summed E-state index contributed by atoms with van der Waals surface area (Å²) in [6, 6.07) is 15.4. The number of halogens is 2. The molecular weight excluding hydrogens is 510 g/mol. The molecule has 3 aromatic carbocycles. The van der Waals surface area contributed by atoms with Crippen molar-refractivity contribution in [3.63, 3.8) is 0 Å². The highest BCUT2D eigenvalue weighted by Crippen LogP contribution is 2.57. The minimum absolute atomic E-state index is 0.00749. The number of methoxy groups -OCH3 is 1. The molecule has 0 amide bonds. The molecule has 4 nitrogen and oxygen atoms in total. The number of carboxylic acids is 1. The molecule has 0 spiro atoms. The monoisotopic (exact) mass is 548 g/mol. The van der Waals surface area contributed by atoms with E-state index in [9.17, 15) is 9.90 Å². The molecule has 0 bridgehead atoms. The summed E-state index contributed by atoms with van der Waals surface area (Å²) in [5.74, 6) is -0.559. The maximum absolute atomic E-state index is 15.6. The number of hydrogen-bond acceptors (Lipinski definition) is 3. The van der Waals surface area contributed by atoms with Crippen molar-refractivity contribution in [2.45, 2.75) is 77.7 Å². The first-order valence-electron chi connectivity index (χ1n) is 14.1. The normalized spacial score (nSPS) is 19.7. The van der Waals surface area contributed by atoms with Crippen molar-refractivity contribution in [2.75, 3.05) is 7.11 Å². The number of carbonyl (C=O) groups is 1. The molecule has 0 unspecified atom stereocenters. The highest BCUT2D eigenvalue weighted by molar-refractivity contribution is 5.71. The van der Waals surface area contributed by atoms with Crippen LogP contribution < -0.4 is 9.47 Å². The van der Waals surface area contributed by atoms with Gasteiger partial charge in [-0.05, 0) is 108 Å². The first-order valence-corrected chi connectivity index (χ1v) is 14.1. The van der Waals surface area contributed by atoms with E-state index < -0.39 is 17.6 Å². The van der Waals surface area contributed by atoms with Gasteiger partial charge in [0.1, 0.15) is 29.7 Å². The van der Waals surface area contributed by atoms with E-state index in [0.717, 1.165) is 43.2 Å². The molecule has 2 saturated carbocycles. The van der Waals surface area contributed by atoms with E-state index in [1.165, 1.54) is 19.2 Å². The number of aliphatic carboxylic acids is 1. The fraction of sp³-hybridized carbons (Fsp3) is 0.441. The van der Waals surface area contributed by atoms with Crippen molar-refractivity contribution in [2.24, 2.45) is 10.8 Å². The van der Waals surface area contributed by atoms with Crippen LogP contribution in [0.25, 0.3) is 11.1 Å². The second-order valence-electron chi connectivity index (χ2n) is 12.5. The van der Waals surface area contributed by atoms with Crippen molar-refractivity contribution < 1.29 is 28.2 Å². The molecule has 2 fully saturated rings. The van der Waals surface area contributed by atoms with Gasteiger partial charge >= 0.3 is 5.97 Å². The van der Waals surface area contributed by atoms with Gasteiger partial charge in [-0.1, -0.05) is 39.3 Å². The Morgan fingerprint density at radius 1 is 0.975 bits per heavy atom. The Morgan fingerprint density at radius 3 is 2.40 bits per heavy atom. The Kier molecular flexibility index (Phi) is 7.64. The summed E-state index contributed by atoms with van der Waals surface area (Å²) in [7, 11) is 1.53. The summed E-state index contributed by atoms with van der Waals surface area (Å²) < 4.78 is 42.1. The summed E-state index contributed by atoms with van der Waals surface area (Å²) in [6.07, 6.45) is 5.12. The second-order valence-corrected chi connectivity index (χ2v) is 12.5. The average molecular weight is 549 g/mol. The van der Waals surface area contributed by atoms with Crippen LogP contribution in [0.4, 0.5) is 8.78 Å². The zero-order valence-corrected chi connectivity index (χ0v) is 23.7. The summed E-state index contributed by atoms with van der Waals surface area (Å²) in [5, 5.41) is 9.49. The maximum atomic E-state index is 15.6. The molecule has 5 rings (SSSR count). The number of hydrogen-bond donors (Lipinski definition) is 1. The molecule has 40 heavy (non-hydrogen) atoms. The molecule has 6 heteroatoms. The Morgan fingerprint density at radius 2 is 1.75 bits per heavy atom. The second kappa shape index (κ2) is 10.9. The summed E-state index contributed by atoms with van der Waals surface area (Å²) >= 11 is 0. The van der Waals surface area contributed by atoms with E-state index in [2.05, 4.69) is 20.8 Å². The number of carboxylic acid groups (broad SMARTS) is 1. The molecule has 2 aliphatic rings. The number of benzene rings is 3. The predicted octanol–water partition coefficient (Wildman–Crippen LogP) is 8.87. The Bertz CT molecular complexity index is 1410. The van der Waals surface area contributed by atoms with Crippen LogP contribution in [0.1, 0.15) is 87.8 Å². The third-order valence-electron chi connectivity index (χ3n) is 9.23. The van der Waals surface area contributed by atoms with E-state index in [1.54, 1.807) is 12.1 Å². The largest absolute Gasteiger partial charge is 0.497 e. The van der Waals surface area contributed by atoms with Crippen LogP contribution in [-0.4, -0.2) is 18.2 Å². The van der Waals surface area contributed by atoms with E-state index >= 15 is 8.78 Å². The number of ether oxygens (including phenoxy) is 2. The maximum Gasteiger partial charge on any atom is 0.303 e. The van der Waals surface area contributed by atoms with Gasteiger partial charge in [0, 0.05) is 11.1 Å². The van der Waals surface area contributed by atoms with Crippen LogP contribution in [0.3, 0.4) is 0 Å². The number of rotatable bonds is 10. The van der Waals surface area contributed by atoms with Crippen LogP contribution >= 0.6 is 0 Å². The van der Waals surface area contributed by atoms with Crippen molar-refractivity contribution in [1.82, 2.24) is 0 Å². The van der Waals surface area contributed by atoms with E-state index in [4.69, 9.17) is 9.47 Å². The van der Waals surface area contributed by atoms with Gasteiger partial charge in [0.2, 0.25) is 0 Å². The lowest BCUT2D eigenvalue weighted by Gasteiger charge is -2.30. The Balaban J connectivity index is 1.47. The van der Waals surface area contributed by atoms with Crippen molar-refractivity contribution in [1.29, 1.82) is 0 Å². The molecule has 0 aromatic heterocycles. The molecule has 0 saturated heterocycles. The van der Waals surface area contributed by atoms with Crippen LogP contribution in [0.2, 0.25) is 0 Å². The molecular formula is C34H38F2O4. The lowest BCUT2D eigenvalue weighted by atomic mass is 9.75. The van der Waals surface area contributed by atoms with Gasteiger partial charge in [0.25, 0.3) is 0 Å². The zero-order valence-electron chi connectivity index (χ0n) is 23.7. The van der Waals surface area contributed by atoms with Crippen molar-refractivity contribution >= 4 is 5.97 Å².